The third-order valence-corrected chi connectivity index (χ3v) is 4.40. The third kappa shape index (κ3) is 4.14. The molecule has 0 radical (unpaired) electrons. The van der Waals surface area contributed by atoms with Gasteiger partial charge in [-0.25, -0.2) is 4.39 Å². The number of β-amino-alcohol motifs (C(OH)–C–C–N with tert-alkyl or cyclic N) is 1. The summed E-state index contributed by atoms with van der Waals surface area (Å²) < 4.78 is 18.5. The summed E-state index contributed by atoms with van der Waals surface area (Å²) in [6.07, 6.45) is 2.88. The van der Waals surface area contributed by atoms with E-state index in [1.165, 1.54) is 24.3 Å². The molecule has 1 aliphatic rings. The van der Waals surface area contributed by atoms with Gasteiger partial charge >= 0.3 is 0 Å². The van der Waals surface area contributed by atoms with Crippen LogP contribution in [0.1, 0.15) is 28.9 Å². The second-order valence-corrected chi connectivity index (χ2v) is 6.43. The molecule has 1 saturated heterocycles. The number of hydrogen-bond donors (Lipinski definition) is 1. The molecular weight excluding hydrogens is 323 g/mol. The van der Waals surface area contributed by atoms with E-state index in [0.717, 1.165) is 0 Å². The lowest BCUT2D eigenvalue weighted by Crippen LogP contribution is -2.53. The molecular formula is C19H21FN2O3. The summed E-state index contributed by atoms with van der Waals surface area (Å²) in [5.41, 5.74) is 0.0914. The highest BCUT2D eigenvalue weighted by atomic mass is 19.1. The fraction of sp³-hybridized carbons (Fsp3) is 0.368. The van der Waals surface area contributed by atoms with E-state index in [2.05, 4.69) is 4.98 Å². The average Bonchev–Trinajstić information content (AvgIpc) is 2.61. The maximum absolute atomic E-state index is 12.9. The largest absolute Gasteiger partial charge is 0.491 e. The Balaban J connectivity index is 1.66. The molecule has 0 spiro atoms. The Morgan fingerprint density at radius 1 is 1.36 bits per heavy atom. The minimum atomic E-state index is -1.13. The summed E-state index contributed by atoms with van der Waals surface area (Å²) in [6.45, 7) is 2.63. The molecule has 3 rings (SSSR count). The van der Waals surface area contributed by atoms with Crippen LogP contribution >= 0.6 is 0 Å². The molecule has 2 heterocycles. The topological polar surface area (TPSA) is 62.7 Å². The van der Waals surface area contributed by atoms with Crippen molar-refractivity contribution >= 4 is 5.91 Å². The van der Waals surface area contributed by atoms with Gasteiger partial charge in [-0.3, -0.25) is 9.78 Å². The fourth-order valence-corrected chi connectivity index (χ4v) is 3.03. The summed E-state index contributed by atoms with van der Waals surface area (Å²) >= 11 is 0. The zero-order valence-corrected chi connectivity index (χ0v) is 14.1. The van der Waals surface area contributed by atoms with E-state index in [9.17, 15) is 14.3 Å². The molecule has 1 atom stereocenters. The first-order chi connectivity index (χ1) is 12.0. The number of hydrogen-bond acceptors (Lipinski definition) is 4. The standard InChI is InChI=1S/C19H21FN2O3/c1-14-17(4-2-10-21-14)18(23)22-11-3-9-19(24,12-22)13-25-16-7-5-15(20)6-8-16/h2,4-8,10,24H,3,9,11-13H2,1H3. The van der Waals surface area contributed by atoms with Crippen LogP contribution in [0.2, 0.25) is 0 Å². The van der Waals surface area contributed by atoms with E-state index in [0.29, 0.717) is 36.4 Å². The number of aliphatic hydroxyl groups is 1. The summed E-state index contributed by atoms with van der Waals surface area (Å²) in [4.78, 5) is 18.5. The van der Waals surface area contributed by atoms with Crippen LogP contribution in [0, 0.1) is 12.7 Å². The van der Waals surface area contributed by atoms with E-state index >= 15 is 0 Å². The molecule has 1 aromatic carbocycles. The monoisotopic (exact) mass is 344 g/mol. The van der Waals surface area contributed by atoms with Crippen molar-refractivity contribution in [1.29, 1.82) is 0 Å². The Morgan fingerprint density at radius 2 is 2.12 bits per heavy atom. The molecule has 2 aromatic rings. The van der Waals surface area contributed by atoms with Crippen molar-refractivity contribution in [2.75, 3.05) is 19.7 Å². The van der Waals surface area contributed by atoms with Crippen LogP contribution in [-0.2, 0) is 0 Å². The molecule has 5 nitrogen and oxygen atoms in total. The second kappa shape index (κ2) is 7.19. The predicted molar refractivity (Wildman–Crippen MR) is 91.0 cm³/mol. The summed E-state index contributed by atoms with van der Waals surface area (Å²) in [6, 6.07) is 9.12. The van der Waals surface area contributed by atoms with Gasteiger partial charge in [0.2, 0.25) is 0 Å². The maximum Gasteiger partial charge on any atom is 0.255 e. The number of likely N-dealkylation sites (tertiary alicyclic amines) is 1. The van der Waals surface area contributed by atoms with Gasteiger partial charge in [0.15, 0.2) is 0 Å². The minimum absolute atomic E-state index is 0.0500. The Morgan fingerprint density at radius 3 is 2.84 bits per heavy atom. The van der Waals surface area contributed by atoms with Crippen molar-refractivity contribution in [2.24, 2.45) is 0 Å². The zero-order valence-electron chi connectivity index (χ0n) is 14.1. The third-order valence-electron chi connectivity index (χ3n) is 4.40. The van der Waals surface area contributed by atoms with Gasteiger partial charge in [0.05, 0.1) is 12.1 Å². The number of carbonyl (C=O) groups excluding carboxylic acids is 1. The van der Waals surface area contributed by atoms with E-state index < -0.39 is 5.60 Å². The second-order valence-electron chi connectivity index (χ2n) is 6.43. The molecule has 1 aliphatic heterocycles. The number of benzene rings is 1. The number of aryl methyl sites for hydroxylation is 1. The molecule has 0 aliphatic carbocycles. The lowest BCUT2D eigenvalue weighted by atomic mass is 9.93. The lowest BCUT2D eigenvalue weighted by Gasteiger charge is -2.39. The molecule has 25 heavy (non-hydrogen) atoms. The van der Waals surface area contributed by atoms with Gasteiger partial charge in [0, 0.05) is 18.4 Å². The Bertz CT molecular complexity index is 751. The first-order valence-corrected chi connectivity index (χ1v) is 8.28. The zero-order chi connectivity index (χ0) is 17.9. The minimum Gasteiger partial charge on any atom is -0.491 e. The van der Waals surface area contributed by atoms with Gasteiger partial charge in [0.25, 0.3) is 5.91 Å². The Kier molecular flexibility index (Phi) is 4.99. The average molecular weight is 344 g/mol. The quantitative estimate of drug-likeness (QED) is 0.926. The fourth-order valence-electron chi connectivity index (χ4n) is 3.03. The number of rotatable bonds is 4. The van der Waals surface area contributed by atoms with E-state index in [1.54, 1.807) is 30.2 Å². The van der Waals surface area contributed by atoms with Gasteiger partial charge in [0.1, 0.15) is 23.8 Å². The number of carbonyl (C=O) groups is 1. The van der Waals surface area contributed by atoms with Crippen LogP contribution in [0.3, 0.4) is 0 Å². The van der Waals surface area contributed by atoms with Gasteiger partial charge in [-0.05, 0) is 56.2 Å². The highest BCUT2D eigenvalue weighted by molar-refractivity contribution is 5.95. The Labute approximate surface area is 146 Å². The van der Waals surface area contributed by atoms with Crippen molar-refractivity contribution < 1.29 is 19.0 Å². The van der Waals surface area contributed by atoms with Crippen molar-refractivity contribution in [3.63, 3.8) is 0 Å². The molecule has 0 saturated carbocycles. The first-order valence-electron chi connectivity index (χ1n) is 8.28. The number of piperidine rings is 1. The SMILES string of the molecule is Cc1ncccc1C(=O)N1CCCC(O)(COc2ccc(F)cc2)C1. The van der Waals surface area contributed by atoms with Crippen molar-refractivity contribution in [1.82, 2.24) is 9.88 Å². The Hall–Kier alpha value is -2.47. The molecule has 1 fully saturated rings. The number of nitrogens with zero attached hydrogens (tertiary/aromatic N) is 2. The van der Waals surface area contributed by atoms with Crippen LogP contribution in [-0.4, -0.2) is 46.2 Å². The smallest absolute Gasteiger partial charge is 0.255 e. The van der Waals surface area contributed by atoms with E-state index in [1.807, 2.05) is 0 Å². The number of amides is 1. The molecule has 6 heteroatoms. The van der Waals surface area contributed by atoms with E-state index in [-0.39, 0.29) is 24.9 Å². The first kappa shape index (κ1) is 17.4. The maximum atomic E-state index is 12.9. The van der Waals surface area contributed by atoms with Crippen LogP contribution < -0.4 is 4.74 Å². The predicted octanol–water partition coefficient (Wildman–Crippen LogP) is 2.58. The van der Waals surface area contributed by atoms with E-state index in [4.69, 9.17) is 4.74 Å². The number of pyridine rings is 1. The summed E-state index contributed by atoms with van der Waals surface area (Å²) in [5, 5.41) is 10.8. The molecule has 132 valence electrons. The van der Waals surface area contributed by atoms with Crippen molar-refractivity contribution in [3.8, 4) is 5.75 Å². The number of aromatic nitrogens is 1. The molecule has 1 aromatic heterocycles. The number of ether oxygens (including phenoxy) is 1. The summed E-state index contributed by atoms with van der Waals surface area (Å²) in [5.74, 6) is 0.0132. The highest BCUT2D eigenvalue weighted by Gasteiger charge is 2.36. The molecule has 1 amide bonds. The normalized spacial score (nSPS) is 20.4. The molecule has 0 bridgehead atoms. The molecule has 1 unspecified atom stereocenters. The van der Waals surface area contributed by atoms with Gasteiger partial charge in [-0.1, -0.05) is 0 Å². The summed E-state index contributed by atoms with van der Waals surface area (Å²) in [7, 11) is 0. The van der Waals surface area contributed by atoms with Crippen molar-refractivity contribution in [2.45, 2.75) is 25.4 Å². The van der Waals surface area contributed by atoms with Crippen LogP contribution in [0.5, 0.6) is 5.75 Å². The van der Waals surface area contributed by atoms with Crippen LogP contribution in [0.4, 0.5) is 4.39 Å². The van der Waals surface area contributed by atoms with Crippen molar-refractivity contribution in [3.05, 3.63) is 59.7 Å². The van der Waals surface area contributed by atoms with Gasteiger partial charge < -0.3 is 14.7 Å². The van der Waals surface area contributed by atoms with Crippen LogP contribution in [0.25, 0.3) is 0 Å². The highest BCUT2D eigenvalue weighted by Crippen LogP contribution is 2.24. The van der Waals surface area contributed by atoms with Gasteiger partial charge in [-0.2, -0.15) is 0 Å². The number of halogens is 1. The molecule has 1 N–H and O–H groups in total. The van der Waals surface area contributed by atoms with Crippen LogP contribution in [0.15, 0.2) is 42.6 Å². The van der Waals surface area contributed by atoms with Gasteiger partial charge in [-0.15, -0.1) is 0 Å². The lowest BCUT2D eigenvalue weighted by molar-refractivity contribution is -0.0532.